The summed E-state index contributed by atoms with van der Waals surface area (Å²) in [4.78, 5) is 4.42. The first-order chi connectivity index (χ1) is 16.1. The Kier molecular flexibility index (Phi) is 9.59. The van der Waals surface area contributed by atoms with Gasteiger partial charge >= 0.3 is 0 Å². The molecule has 3 atom stereocenters. The summed E-state index contributed by atoms with van der Waals surface area (Å²) < 4.78 is 11.2. The van der Waals surface area contributed by atoms with Crippen molar-refractivity contribution < 1.29 is 24.5 Å². The maximum Gasteiger partial charge on any atom is 0.130 e. The van der Waals surface area contributed by atoms with Crippen LogP contribution in [0.1, 0.15) is 35.6 Å². The van der Waals surface area contributed by atoms with Gasteiger partial charge in [-0.05, 0) is 54.3 Å². The van der Waals surface area contributed by atoms with Gasteiger partial charge in [-0.1, -0.05) is 42.5 Å². The molecule has 3 N–H and O–H groups in total. The van der Waals surface area contributed by atoms with Crippen LogP contribution in [0.3, 0.4) is 0 Å². The van der Waals surface area contributed by atoms with E-state index in [0.717, 1.165) is 16.8 Å². The number of nitrogens with zero attached hydrogens (tertiary/aromatic N) is 1. The minimum atomic E-state index is -0.874. The first-order valence-corrected chi connectivity index (χ1v) is 11.0. The van der Waals surface area contributed by atoms with E-state index in [-0.39, 0.29) is 13.2 Å². The molecular weight excluding hydrogens is 418 g/mol. The maximum absolute atomic E-state index is 10.8. The molecule has 0 aliphatic carbocycles. The zero-order valence-corrected chi connectivity index (χ0v) is 18.6. The van der Waals surface area contributed by atoms with Crippen LogP contribution in [0.4, 0.5) is 0 Å². The Morgan fingerprint density at radius 2 is 1.82 bits per heavy atom. The van der Waals surface area contributed by atoms with Crippen LogP contribution in [0.25, 0.3) is 11.6 Å². The van der Waals surface area contributed by atoms with E-state index in [0.29, 0.717) is 31.0 Å². The molecule has 0 unspecified atom stereocenters. The largest absolute Gasteiger partial charge is 0.459 e. The number of pyridine rings is 1. The predicted octanol–water partition coefficient (Wildman–Crippen LogP) is 4.23. The highest BCUT2D eigenvalue weighted by Gasteiger charge is 2.25. The van der Waals surface area contributed by atoms with Crippen LogP contribution in [-0.2, 0) is 18.0 Å². The topological polar surface area (TPSA) is 96.0 Å². The van der Waals surface area contributed by atoms with Crippen LogP contribution in [0.15, 0.2) is 83.9 Å². The predicted molar refractivity (Wildman–Crippen MR) is 128 cm³/mol. The lowest BCUT2D eigenvalue weighted by Crippen LogP contribution is -2.33. The second-order valence-corrected chi connectivity index (χ2v) is 7.83. The molecule has 0 aliphatic heterocycles. The summed E-state index contributed by atoms with van der Waals surface area (Å²) in [7, 11) is 0. The van der Waals surface area contributed by atoms with E-state index < -0.39 is 18.1 Å². The van der Waals surface area contributed by atoms with Crippen molar-refractivity contribution in [3.05, 3.63) is 102 Å². The molecule has 0 bridgehead atoms. The number of ether oxygens (including phenoxy) is 1. The molecule has 0 amide bonds. The van der Waals surface area contributed by atoms with Crippen molar-refractivity contribution in [2.75, 3.05) is 6.61 Å². The fraction of sp³-hybridized carbons (Fsp3) is 0.296. The average molecular weight is 450 g/mol. The zero-order chi connectivity index (χ0) is 23.5. The Labute approximate surface area is 194 Å². The van der Waals surface area contributed by atoms with Gasteiger partial charge in [-0.3, -0.25) is 4.98 Å². The van der Waals surface area contributed by atoms with Gasteiger partial charge < -0.3 is 24.5 Å². The molecule has 0 saturated carbocycles. The van der Waals surface area contributed by atoms with Gasteiger partial charge in [0.05, 0.1) is 31.1 Å². The van der Waals surface area contributed by atoms with Crippen LogP contribution in [0, 0.1) is 5.92 Å². The Morgan fingerprint density at radius 1 is 1.03 bits per heavy atom. The SMILES string of the molecule is C=C[C@H]([C@H](O)CC/C(=C/c1ccc(CO)o1)c1ccccn1)[C@H](O)COCc1ccccc1. The third kappa shape index (κ3) is 7.51. The van der Waals surface area contributed by atoms with E-state index in [2.05, 4.69) is 11.6 Å². The number of allylic oxidation sites excluding steroid dienone is 1. The second-order valence-electron chi connectivity index (χ2n) is 7.83. The summed E-state index contributed by atoms with van der Waals surface area (Å²) in [5, 5.41) is 30.6. The van der Waals surface area contributed by atoms with Crippen molar-refractivity contribution in [2.24, 2.45) is 5.92 Å². The molecule has 2 aromatic heterocycles. The summed E-state index contributed by atoms with van der Waals surface area (Å²) in [6.07, 6.45) is 4.36. The van der Waals surface area contributed by atoms with Gasteiger partial charge in [-0.25, -0.2) is 0 Å². The molecule has 2 heterocycles. The average Bonchev–Trinajstić information content (AvgIpc) is 3.31. The van der Waals surface area contributed by atoms with Crippen LogP contribution >= 0.6 is 0 Å². The highest BCUT2D eigenvalue weighted by molar-refractivity contribution is 5.78. The van der Waals surface area contributed by atoms with Crippen LogP contribution in [0.5, 0.6) is 0 Å². The van der Waals surface area contributed by atoms with E-state index in [1.165, 1.54) is 0 Å². The lowest BCUT2D eigenvalue weighted by Gasteiger charge is -2.25. The number of aromatic nitrogens is 1. The van der Waals surface area contributed by atoms with E-state index in [9.17, 15) is 15.3 Å². The lowest BCUT2D eigenvalue weighted by molar-refractivity contribution is -0.0270. The Bertz CT molecular complexity index is 1000. The molecule has 0 spiro atoms. The van der Waals surface area contributed by atoms with E-state index in [1.54, 1.807) is 24.4 Å². The Hall–Kier alpha value is -3.03. The van der Waals surface area contributed by atoms with Crippen molar-refractivity contribution in [1.29, 1.82) is 0 Å². The number of hydrogen-bond acceptors (Lipinski definition) is 6. The van der Waals surface area contributed by atoms with Crippen molar-refractivity contribution in [3.63, 3.8) is 0 Å². The molecular formula is C27H31NO5. The summed E-state index contributed by atoms with van der Waals surface area (Å²) in [6, 6.07) is 18.9. The second kappa shape index (κ2) is 12.9. The van der Waals surface area contributed by atoms with Gasteiger partial charge in [0, 0.05) is 12.1 Å². The first kappa shape index (κ1) is 24.6. The maximum atomic E-state index is 10.8. The van der Waals surface area contributed by atoms with Crippen LogP contribution < -0.4 is 0 Å². The van der Waals surface area contributed by atoms with Crippen molar-refractivity contribution in [2.45, 2.75) is 38.3 Å². The third-order valence-corrected chi connectivity index (χ3v) is 5.42. The molecule has 6 heteroatoms. The quantitative estimate of drug-likeness (QED) is 0.338. The number of furan rings is 1. The molecule has 0 fully saturated rings. The summed E-state index contributed by atoms with van der Waals surface area (Å²) in [6.45, 7) is 4.11. The van der Waals surface area contributed by atoms with Gasteiger partial charge in [-0.2, -0.15) is 0 Å². The lowest BCUT2D eigenvalue weighted by atomic mass is 9.91. The van der Waals surface area contributed by atoms with Gasteiger partial charge in [-0.15, -0.1) is 6.58 Å². The number of rotatable bonds is 13. The number of benzene rings is 1. The smallest absolute Gasteiger partial charge is 0.130 e. The molecule has 6 nitrogen and oxygen atoms in total. The Morgan fingerprint density at radius 3 is 2.48 bits per heavy atom. The highest BCUT2D eigenvalue weighted by atomic mass is 16.5. The number of aliphatic hydroxyl groups excluding tert-OH is 3. The van der Waals surface area contributed by atoms with Crippen LogP contribution in [-0.4, -0.2) is 39.1 Å². The molecule has 3 aromatic rings. The van der Waals surface area contributed by atoms with E-state index >= 15 is 0 Å². The van der Waals surface area contributed by atoms with Gasteiger partial charge in [0.25, 0.3) is 0 Å². The fourth-order valence-corrected chi connectivity index (χ4v) is 3.60. The summed E-state index contributed by atoms with van der Waals surface area (Å²) in [5.41, 5.74) is 2.67. The first-order valence-electron chi connectivity index (χ1n) is 11.0. The number of aliphatic hydroxyl groups is 3. The van der Waals surface area contributed by atoms with Crippen molar-refractivity contribution >= 4 is 11.6 Å². The molecule has 1 aromatic carbocycles. The molecule has 174 valence electrons. The van der Waals surface area contributed by atoms with Gasteiger partial charge in [0.15, 0.2) is 0 Å². The third-order valence-electron chi connectivity index (χ3n) is 5.42. The van der Waals surface area contributed by atoms with Crippen molar-refractivity contribution in [3.8, 4) is 0 Å². The molecule has 0 saturated heterocycles. The summed E-state index contributed by atoms with van der Waals surface area (Å²) >= 11 is 0. The minimum Gasteiger partial charge on any atom is -0.459 e. The normalized spacial score (nSPS) is 14.6. The Balaban J connectivity index is 1.61. The highest BCUT2D eigenvalue weighted by Crippen LogP contribution is 2.26. The molecule has 3 rings (SSSR count). The summed E-state index contributed by atoms with van der Waals surface area (Å²) in [5.74, 6) is 0.547. The fourth-order valence-electron chi connectivity index (χ4n) is 3.60. The zero-order valence-electron chi connectivity index (χ0n) is 18.6. The minimum absolute atomic E-state index is 0.0991. The number of hydrogen-bond donors (Lipinski definition) is 3. The molecule has 0 radical (unpaired) electrons. The molecule has 0 aliphatic rings. The van der Waals surface area contributed by atoms with E-state index in [4.69, 9.17) is 9.15 Å². The van der Waals surface area contributed by atoms with E-state index in [1.807, 2.05) is 54.6 Å². The van der Waals surface area contributed by atoms with Crippen molar-refractivity contribution in [1.82, 2.24) is 4.98 Å². The standard InChI is InChI=1S/C27H31NO5/c1-2-24(27(31)19-32-18-20-8-4-3-5-9-20)26(30)14-11-21(25-10-6-7-15-28-25)16-22-12-13-23(17-29)33-22/h2-10,12-13,15-16,24,26-27,29-31H,1,11,14,17-19H2/b21-16-/t24-,26-,27-/m1/s1. The van der Waals surface area contributed by atoms with Gasteiger partial charge in [0.1, 0.15) is 18.1 Å². The van der Waals surface area contributed by atoms with Crippen LogP contribution in [0.2, 0.25) is 0 Å². The van der Waals surface area contributed by atoms with Gasteiger partial charge in [0.2, 0.25) is 0 Å². The molecule has 33 heavy (non-hydrogen) atoms. The monoisotopic (exact) mass is 449 g/mol.